The number of carbonyl (C=O) groups excluding carboxylic acids is 1. The van der Waals surface area contributed by atoms with Crippen LogP contribution in [-0.2, 0) is 11.0 Å². The van der Waals surface area contributed by atoms with Gasteiger partial charge in [-0.15, -0.1) is 0 Å². The summed E-state index contributed by atoms with van der Waals surface area (Å²) in [4.78, 5) is 19.9. The molecule has 0 atom stereocenters. The van der Waals surface area contributed by atoms with Crippen molar-refractivity contribution in [2.45, 2.75) is 20.0 Å². The minimum absolute atomic E-state index is 0.0432. The summed E-state index contributed by atoms with van der Waals surface area (Å²) in [5.74, 6) is -1.42. The van der Waals surface area contributed by atoms with Crippen molar-refractivity contribution in [3.8, 4) is 0 Å². The van der Waals surface area contributed by atoms with Crippen LogP contribution in [0.4, 0.5) is 24.8 Å². The van der Waals surface area contributed by atoms with Gasteiger partial charge in [0.2, 0.25) is 11.7 Å². The molecule has 1 amide bonds. The first-order valence-electron chi connectivity index (χ1n) is 6.47. The smallest absolute Gasteiger partial charge is 0.373 e. The molecule has 0 spiro atoms. The molecule has 0 aliphatic carbocycles. The molecule has 0 bridgehead atoms. The maximum absolute atomic E-state index is 12.8. The van der Waals surface area contributed by atoms with Crippen molar-refractivity contribution in [1.29, 1.82) is 0 Å². The number of amides is 1. The van der Waals surface area contributed by atoms with Crippen LogP contribution in [0.5, 0.6) is 0 Å². The summed E-state index contributed by atoms with van der Waals surface area (Å²) in [5.41, 5.74) is 0. The number of halogens is 3. The third kappa shape index (κ3) is 4.76. The number of hydrogen-bond donors (Lipinski definition) is 2. The molecule has 21 heavy (non-hydrogen) atoms. The molecular formula is C12H18F3N5O. The summed E-state index contributed by atoms with van der Waals surface area (Å²) >= 11 is 0. The highest BCUT2D eigenvalue weighted by atomic mass is 19.4. The molecule has 0 radical (unpaired) electrons. The summed E-state index contributed by atoms with van der Waals surface area (Å²) in [6, 6.07) is 1.37. The predicted molar refractivity (Wildman–Crippen MR) is 73.2 cm³/mol. The molecule has 6 nitrogen and oxygen atoms in total. The van der Waals surface area contributed by atoms with E-state index in [1.54, 1.807) is 13.8 Å². The minimum Gasteiger partial charge on any atom is -0.373 e. The van der Waals surface area contributed by atoms with Gasteiger partial charge in [0, 0.05) is 26.2 Å². The molecule has 1 heterocycles. The van der Waals surface area contributed by atoms with E-state index < -0.39 is 12.0 Å². The highest BCUT2D eigenvalue weighted by Crippen LogP contribution is 2.29. The van der Waals surface area contributed by atoms with Gasteiger partial charge in [-0.25, -0.2) is 9.97 Å². The Hall–Kier alpha value is -2.06. The van der Waals surface area contributed by atoms with Gasteiger partial charge < -0.3 is 15.5 Å². The fourth-order valence-electron chi connectivity index (χ4n) is 1.63. The zero-order chi connectivity index (χ0) is 16.0. The van der Waals surface area contributed by atoms with Crippen LogP contribution in [0, 0.1) is 0 Å². The second-order valence-electron chi connectivity index (χ2n) is 4.15. The van der Waals surface area contributed by atoms with Crippen molar-refractivity contribution in [1.82, 2.24) is 15.3 Å². The van der Waals surface area contributed by atoms with Crippen molar-refractivity contribution < 1.29 is 18.0 Å². The first-order chi connectivity index (χ1) is 9.81. The zero-order valence-corrected chi connectivity index (χ0v) is 12.1. The number of likely N-dealkylation sites (N-methyl/N-ethyl adjacent to an activating group) is 2. The molecule has 0 aliphatic heterocycles. The fraction of sp³-hybridized carbons (Fsp3) is 0.583. The summed E-state index contributed by atoms with van der Waals surface area (Å²) in [5, 5.41) is 5.15. The Balaban J connectivity index is 3.11. The summed E-state index contributed by atoms with van der Waals surface area (Å²) in [7, 11) is 1.46. The molecule has 0 unspecified atom stereocenters. The third-order valence-electron chi connectivity index (χ3n) is 2.64. The van der Waals surface area contributed by atoms with E-state index in [0.717, 1.165) is 0 Å². The van der Waals surface area contributed by atoms with Crippen LogP contribution in [-0.4, -0.2) is 42.6 Å². The number of nitrogens with zero attached hydrogens (tertiary/aromatic N) is 3. The highest BCUT2D eigenvalue weighted by Gasteiger charge is 2.35. The molecular weight excluding hydrogens is 287 g/mol. The van der Waals surface area contributed by atoms with Gasteiger partial charge in [0.05, 0.1) is 6.54 Å². The number of aromatic nitrogens is 2. The van der Waals surface area contributed by atoms with Crippen molar-refractivity contribution in [3.05, 3.63) is 11.9 Å². The van der Waals surface area contributed by atoms with Crippen LogP contribution >= 0.6 is 0 Å². The molecule has 1 rings (SSSR count). The van der Waals surface area contributed by atoms with Gasteiger partial charge in [-0.2, -0.15) is 13.2 Å². The predicted octanol–water partition coefficient (Wildman–Crippen LogP) is 1.50. The third-order valence-corrected chi connectivity index (χ3v) is 2.64. The van der Waals surface area contributed by atoms with E-state index in [4.69, 9.17) is 0 Å². The van der Waals surface area contributed by atoms with Crippen molar-refractivity contribution in [2.75, 3.05) is 36.9 Å². The second-order valence-corrected chi connectivity index (χ2v) is 4.15. The zero-order valence-electron chi connectivity index (χ0n) is 12.1. The number of rotatable bonds is 6. The maximum Gasteiger partial charge on any atom is 0.451 e. The lowest BCUT2D eigenvalue weighted by Crippen LogP contribution is -2.37. The number of nitrogens with one attached hydrogen (secondary N) is 2. The van der Waals surface area contributed by atoms with Crippen LogP contribution in [0.1, 0.15) is 19.7 Å². The number of anilines is 2. The molecule has 1 aromatic rings. The van der Waals surface area contributed by atoms with E-state index in [9.17, 15) is 18.0 Å². The lowest BCUT2D eigenvalue weighted by atomic mass is 10.4. The number of hydrogen-bond acceptors (Lipinski definition) is 5. The minimum atomic E-state index is -4.65. The Morgan fingerprint density at radius 1 is 1.33 bits per heavy atom. The Labute approximate surface area is 120 Å². The van der Waals surface area contributed by atoms with E-state index in [1.807, 2.05) is 0 Å². The topological polar surface area (TPSA) is 70.2 Å². The van der Waals surface area contributed by atoms with Gasteiger partial charge in [0.15, 0.2) is 0 Å². The Morgan fingerprint density at radius 2 is 2.00 bits per heavy atom. The molecule has 2 N–H and O–H groups in total. The van der Waals surface area contributed by atoms with E-state index in [-0.39, 0.29) is 24.1 Å². The lowest BCUT2D eigenvalue weighted by molar-refractivity contribution is -0.144. The van der Waals surface area contributed by atoms with E-state index in [1.165, 1.54) is 18.0 Å². The molecule has 118 valence electrons. The Bertz CT molecular complexity index is 492. The van der Waals surface area contributed by atoms with E-state index in [0.29, 0.717) is 13.1 Å². The molecule has 0 aromatic carbocycles. The molecule has 0 fully saturated rings. The lowest BCUT2D eigenvalue weighted by Gasteiger charge is -2.22. The molecule has 0 saturated heterocycles. The van der Waals surface area contributed by atoms with Crippen LogP contribution in [0.25, 0.3) is 0 Å². The Kier molecular flexibility index (Phi) is 5.74. The van der Waals surface area contributed by atoms with Crippen molar-refractivity contribution in [2.24, 2.45) is 0 Å². The normalized spacial score (nSPS) is 11.1. The summed E-state index contributed by atoms with van der Waals surface area (Å²) in [6.45, 7) is 4.22. The fourth-order valence-corrected chi connectivity index (χ4v) is 1.63. The van der Waals surface area contributed by atoms with E-state index in [2.05, 4.69) is 20.6 Å². The average molecular weight is 305 g/mol. The number of alkyl halides is 3. The Morgan fingerprint density at radius 3 is 2.48 bits per heavy atom. The highest BCUT2D eigenvalue weighted by molar-refractivity contribution is 5.81. The molecule has 1 aromatic heterocycles. The summed E-state index contributed by atoms with van der Waals surface area (Å²) < 4.78 is 38.4. The first-order valence-corrected chi connectivity index (χ1v) is 6.47. The second kappa shape index (κ2) is 7.09. The SMILES string of the molecule is CCNC(=O)CN(CC)c1cc(NC)nc(C(F)(F)F)n1. The van der Waals surface area contributed by atoms with Crippen LogP contribution in [0.2, 0.25) is 0 Å². The molecule has 9 heteroatoms. The van der Waals surface area contributed by atoms with Crippen molar-refractivity contribution >= 4 is 17.5 Å². The standard InChI is InChI=1S/C12H18F3N5O/c1-4-17-10(21)7-20(5-2)9-6-8(16-3)18-11(19-9)12(13,14)15/h6H,4-5,7H2,1-3H3,(H,17,21)(H,16,18,19). The molecule has 0 saturated carbocycles. The largest absolute Gasteiger partial charge is 0.451 e. The maximum atomic E-state index is 12.8. The quantitative estimate of drug-likeness (QED) is 0.833. The summed E-state index contributed by atoms with van der Waals surface area (Å²) in [6.07, 6.45) is -4.65. The monoisotopic (exact) mass is 305 g/mol. The van der Waals surface area contributed by atoms with Gasteiger partial charge in [-0.1, -0.05) is 0 Å². The van der Waals surface area contributed by atoms with Crippen LogP contribution < -0.4 is 15.5 Å². The van der Waals surface area contributed by atoms with Crippen LogP contribution in [0.15, 0.2) is 6.07 Å². The number of carbonyl (C=O) groups is 1. The van der Waals surface area contributed by atoms with Gasteiger partial charge in [0.25, 0.3) is 0 Å². The van der Waals surface area contributed by atoms with Gasteiger partial charge in [-0.3, -0.25) is 4.79 Å². The molecule has 0 aliphatic rings. The van der Waals surface area contributed by atoms with Gasteiger partial charge in [-0.05, 0) is 13.8 Å². The van der Waals surface area contributed by atoms with Crippen molar-refractivity contribution in [3.63, 3.8) is 0 Å². The van der Waals surface area contributed by atoms with E-state index >= 15 is 0 Å². The first kappa shape index (κ1) is 17.0. The van der Waals surface area contributed by atoms with Gasteiger partial charge in [0.1, 0.15) is 11.6 Å². The van der Waals surface area contributed by atoms with Crippen LogP contribution in [0.3, 0.4) is 0 Å². The van der Waals surface area contributed by atoms with Gasteiger partial charge >= 0.3 is 6.18 Å². The average Bonchev–Trinajstić information content (AvgIpc) is 2.43.